The van der Waals surface area contributed by atoms with Gasteiger partial charge in [0.2, 0.25) is 0 Å². The molecule has 1 atom stereocenters. The fraction of sp³-hybridized carbons (Fsp3) is 0.533. The number of aliphatic hydroxyl groups excluding tert-OH is 1. The molecule has 1 unspecified atom stereocenters. The molecule has 2 N–H and O–H groups in total. The van der Waals surface area contributed by atoms with Gasteiger partial charge in [0.25, 0.3) is 0 Å². The molecule has 0 aliphatic heterocycles. The lowest BCUT2D eigenvalue weighted by molar-refractivity contribution is -0.152. The van der Waals surface area contributed by atoms with E-state index in [9.17, 15) is 9.90 Å². The summed E-state index contributed by atoms with van der Waals surface area (Å²) in [4.78, 5) is 12.0. The number of carbonyl (C=O) groups excluding carboxylic acids is 1. The third-order valence-electron chi connectivity index (χ3n) is 3.42. The molecule has 0 saturated heterocycles. The predicted octanol–water partition coefficient (Wildman–Crippen LogP) is 2.34. The molecule has 1 aromatic carbocycles. The average Bonchev–Trinajstić information content (AvgIpc) is 2.47. The van der Waals surface area contributed by atoms with Crippen molar-refractivity contribution < 1.29 is 14.6 Å². The lowest BCUT2D eigenvalue weighted by Crippen LogP contribution is -2.37. The van der Waals surface area contributed by atoms with Crippen molar-refractivity contribution in [3.63, 3.8) is 0 Å². The van der Waals surface area contributed by atoms with Crippen molar-refractivity contribution in [2.24, 2.45) is 0 Å². The lowest BCUT2D eigenvalue weighted by atomic mass is 9.98. The molecule has 0 heterocycles. The highest BCUT2D eigenvalue weighted by Crippen LogP contribution is 2.21. The van der Waals surface area contributed by atoms with E-state index in [1.165, 1.54) is 6.42 Å². The largest absolute Gasteiger partial charge is 0.461 e. The Kier molecular flexibility index (Phi) is 5.21. The van der Waals surface area contributed by atoms with Crippen molar-refractivity contribution in [1.82, 2.24) is 0 Å². The summed E-state index contributed by atoms with van der Waals surface area (Å²) in [6.45, 7) is -0.263. The van der Waals surface area contributed by atoms with Gasteiger partial charge in [-0.1, -0.05) is 24.6 Å². The molecule has 0 radical (unpaired) electrons. The molecule has 0 amide bonds. The quantitative estimate of drug-likeness (QED) is 0.801. The molecular weight excluding hydrogens is 242 g/mol. The third-order valence-corrected chi connectivity index (χ3v) is 3.42. The highest BCUT2D eigenvalue weighted by molar-refractivity contribution is 5.79. The number of esters is 1. The highest BCUT2D eigenvalue weighted by Gasteiger charge is 2.24. The number of anilines is 1. The summed E-state index contributed by atoms with van der Waals surface area (Å²) >= 11 is 0. The van der Waals surface area contributed by atoms with Crippen LogP contribution in [0.5, 0.6) is 0 Å². The van der Waals surface area contributed by atoms with Gasteiger partial charge in [-0.3, -0.25) is 0 Å². The summed E-state index contributed by atoms with van der Waals surface area (Å²) in [6.07, 6.45) is 5.36. The molecule has 0 spiro atoms. The molecule has 1 saturated carbocycles. The molecule has 2 rings (SSSR count). The highest BCUT2D eigenvalue weighted by atomic mass is 16.5. The monoisotopic (exact) mass is 263 g/mol. The first-order chi connectivity index (χ1) is 9.29. The van der Waals surface area contributed by atoms with Crippen LogP contribution in [0.4, 0.5) is 5.69 Å². The van der Waals surface area contributed by atoms with Gasteiger partial charge < -0.3 is 15.2 Å². The van der Waals surface area contributed by atoms with Crippen LogP contribution < -0.4 is 5.32 Å². The second-order valence-electron chi connectivity index (χ2n) is 4.94. The second kappa shape index (κ2) is 7.14. The lowest BCUT2D eigenvalue weighted by Gasteiger charge is -2.24. The number of para-hydroxylation sites is 1. The van der Waals surface area contributed by atoms with E-state index in [0.717, 1.165) is 31.4 Å². The molecule has 1 fully saturated rings. The van der Waals surface area contributed by atoms with E-state index in [2.05, 4.69) is 5.32 Å². The first kappa shape index (κ1) is 13.9. The van der Waals surface area contributed by atoms with Gasteiger partial charge in [-0.15, -0.1) is 0 Å². The van der Waals surface area contributed by atoms with Gasteiger partial charge in [0, 0.05) is 5.69 Å². The molecule has 0 aromatic heterocycles. The van der Waals surface area contributed by atoms with Crippen LogP contribution in [-0.4, -0.2) is 29.8 Å². The Hall–Kier alpha value is -1.55. The van der Waals surface area contributed by atoms with Gasteiger partial charge in [-0.2, -0.15) is 0 Å². The number of hydrogen-bond donors (Lipinski definition) is 2. The van der Waals surface area contributed by atoms with Crippen molar-refractivity contribution in [3.8, 4) is 0 Å². The number of nitrogens with one attached hydrogen (secondary N) is 1. The van der Waals surface area contributed by atoms with Crippen molar-refractivity contribution in [2.45, 2.75) is 44.2 Å². The molecule has 1 aromatic rings. The minimum absolute atomic E-state index is 0.0212. The summed E-state index contributed by atoms with van der Waals surface area (Å²) in [5.74, 6) is -0.363. The molecule has 4 nitrogen and oxygen atoms in total. The van der Waals surface area contributed by atoms with Crippen molar-refractivity contribution in [1.29, 1.82) is 0 Å². The first-order valence-electron chi connectivity index (χ1n) is 6.92. The van der Waals surface area contributed by atoms with E-state index in [1.807, 2.05) is 30.3 Å². The maximum atomic E-state index is 12.0. The number of carbonyl (C=O) groups is 1. The van der Waals surface area contributed by atoms with E-state index in [-0.39, 0.29) is 18.7 Å². The first-order valence-corrected chi connectivity index (χ1v) is 6.92. The Bertz CT molecular complexity index is 388. The summed E-state index contributed by atoms with van der Waals surface area (Å²) in [5.41, 5.74) is 0.808. The van der Waals surface area contributed by atoms with Crippen LogP contribution in [0.25, 0.3) is 0 Å². The van der Waals surface area contributed by atoms with Crippen LogP contribution in [0.1, 0.15) is 32.1 Å². The second-order valence-corrected chi connectivity index (χ2v) is 4.94. The number of benzene rings is 1. The summed E-state index contributed by atoms with van der Waals surface area (Å²) in [5, 5.41) is 12.3. The molecule has 1 aliphatic rings. The average molecular weight is 263 g/mol. The molecule has 104 valence electrons. The number of hydrogen-bond acceptors (Lipinski definition) is 4. The normalized spacial score (nSPS) is 17.7. The standard InChI is InChI=1S/C15H21NO3/c17-11-14(16-12-7-3-1-4-8-12)15(18)19-13-9-5-2-6-10-13/h1,3-4,7-8,13-14,16-17H,2,5-6,9-11H2. The maximum absolute atomic E-state index is 12.0. The zero-order valence-corrected chi connectivity index (χ0v) is 11.0. The van der Waals surface area contributed by atoms with E-state index < -0.39 is 6.04 Å². The Balaban J connectivity index is 1.87. The number of ether oxygens (including phenoxy) is 1. The van der Waals surface area contributed by atoms with E-state index in [4.69, 9.17) is 4.74 Å². The zero-order valence-electron chi connectivity index (χ0n) is 11.0. The van der Waals surface area contributed by atoms with E-state index in [0.29, 0.717) is 0 Å². The van der Waals surface area contributed by atoms with E-state index in [1.54, 1.807) is 0 Å². The molecule has 1 aliphatic carbocycles. The number of aliphatic hydroxyl groups is 1. The Morgan fingerprint density at radius 2 is 1.95 bits per heavy atom. The van der Waals surface area contributed by atoms with Gasteiger partial charge in [0.15, 0.2) is 0 Å². The fourth-order valence-electron chi connectivity index (χ4n) is 2.34. The third kappa shape index (κ3) is 4.24. The molecule has 4 heteroatoms. The van der Waals surface area contributed by atoms with Crippen molar-refractivity contribution >= 4 is 11.7 Å². The van der Waals surface area contributed by atoms with Crippen LogP contribution >= 0.6 is 0 Å². The zero-order chi connectivity index (χ0) is 13.5. The van der Waals surface area contributed by atoms with Crippen LogP contribution in [0, 0.1) is 0 Å². The summed E-state index contributed by atoms with van der Waals surface area (Å²) in [7, 11) is 0. The van der Waals surface area contributed by atoms with Crippen molar-refractivity contribution in [3.05, 3.63) is 30.3 Å². The van der Waals surface area contributed by atoms with Gasteiger partial charge in [0.1, 0.15) is 12.1 Å². The molecule has 19 heavy (non-hydrogen) atoms. The van der Waals surface area contributed by atoms with E-state index >= 15 is 0 Å². The van der Waals surface area contributed by atoms with Gasteiger partial charge in [0.05, 0.1) is 6.61 Å². The van der Waals surface area contributed by atoms with Crippen molar-refractivity contribution in [2.75, 3.05) is 11.9 Å². The maximum Gasteiger partial charge on any atom is 0.331 e. The summed E-state index contributed by atoms with van der Waals surface area (Å²) < 4.78 is 5.46. The minimum atomic E-state index is -0.690. The topological polar surface area (TPSA) is 58.6 Å². The fourth-order valence-corrected chi connectivity index (χ4v) is 2.34. The van der Waals surface area contributed by atoms with Gasteiger partial charge in [-0.25, -0.2) is 4.79 Å². The van der Waals surface area contributed by atoms with Gasteiger partial charge in [-0.05, 0) is 37.8 Å². The Labute approximate surface area is 113 Å². The minimum Gasteiger partial charge on any atom is -0.461 e. The SMILES string of the molecule is O=C(OC1CCCCC1)C(CO)Nc1ccccc1. The Morgan fingerprint density at radius 1 is 1.26 bits per heavy atom. The molecular formula is C15H21NO3. The van der Waals surface area contributed by atoms with Crippen LogP contribution in [0.15, 0.2) is 30.3 Å². The predicted molar refractivity (Wildman–Crippen MR) is 73.9 cm³/mol. The smallest absolute Gasteiger partial charge is 0.331 e. The van der Waals surface area contributed by atoms with Gasteiger partial charge >= 0.3 is 5.97 Å². The summed E-state index contributed by atoms with van der Waals surface area (Å²) in [6, 6.07) is 8.68. The van der Waals surface area contributed by atoms with Crippen LogP contribution in [-0.2, 0) is 9.53 Å². The molecule has 0 bridgehead atoms. The Morgan fingerprint density at radius 3 is 2.58 bits per heavy atom. The van der Waals surface area contributed by atoms with Crippen LogP contribution in [0.3, 0.4) is 0 Å². The number of rotatable bonds is 5. The van der Waals surface area contributed by atoms with Crippen LogP contribution in [0.2, 0.25) is 0 Å².